The Morgan fingerprint density at radius 1 is 0.944 bits per heavy atom. The van der Waals surface area contributed by atoms with E-state index < -0.39 is 0 Å². The molecule has 0 aliphatic carbocycles. The SMILES string of the molecule is Clc1cccc(-c2cc(CN3CCC(CNc4nncc5onc(-c6ccccc6)c45)CC3)on2)c1. The third-order valence-corrected chi connectivity index (χ3v) is 6.89. The zero-order valence-electron chi connectivity index (χ0n) is 19.6. The summed E-state index contributed by atoms with van der Waals surface area (Å²) in [5, 5.41) is 22.0. The number of aromatic nitrogens is 4. The smallest absolute Gasteiger partial charge is 0.191 e. The Bertz CT molecular complexity index is 1460. The molecule has 8 nitrogen and oxygen atoms in total. The molecule has 1 N–H and O–H groups in total. The van der Waals surface area contributed by atoms with Crippen LogP contribution < -0.4 is 5.32 Å². The van der Waals surface area contributed by atoms with Gasteiger partial charge in [-0.1, -0.05) is 64.4 Å². The highest BCUT2D eigenvalue weighted by Crippen LogP contribution is 2.32. The van der Waals surface area contributed by atoms with Crippen molar-refractivity contribution in [2.24, 2.45) is 5.92 Å². The van der Waals surface area contributed by atoms with Crippen LogP contribution in [0.5, 0.6) is 0 Å². The second-order valence-corrected chi connectivity index (χ2v) is 9.56. The summed E-state index contributed by atoms with van der Waals surface area (Å²) < 4.78 is 11.1. The second kappa shape index (κ2) is 10.1. The highest BCUT2D eigenvalue weighted by atomic mass is 35.5. The molecular weight excluding hydrogens is 476 g/mol. The maximum Gasteiger partial charge on any atom is 0.191 e. The summed E-state index contributed by atoms with van der Waals surface area (Å²) in [6.45, 7) is 3.57. The highest BCUT2D eigenvalue weighted by Gasteiger charge is 2.22. The first-order valence-corrected chi connectivity index (χ1v) is 12.4. The van der Waals surface area contributed by atoms with Gasteiger partial charge in [0.1, 0.15) is 11.4 Å². The maximum absolute atomic E-state index is 6.11. The molecule has 3 aromatic heterocycles. The molecular formula is C27H25ClN6O2. The minimum atomic E-state index is 0.537. The van der Waals surface area contributed by atoms with Crippen molar-refractivity contribution in [1.82, 2.24) is 25.4 Å². The number of piperidine rings is 1. The van der Waals surface area contributed by atoms with Gasteiger partial charge in [0, 0.05) is 28.8 Å². The van der Waals surface area contributed by atoms with Crippen LogP contribution in [0.1, 0.15) is 18.6 Å². The van der Waals surface area contributed by atoms with Crippen molar-refractivity contribution >= 4 is 28.4 Å². The maximum atomic E-state index is 6.11. The highest BCUT2D eigenvalue weighted by molar-refractivity contribution is 6.30. The number of benzene rings is 2. The van der Waals surface area contributed by atoms with Gasteiger partial charge in [-0.3, -0.25) is 4.90 Å². The molecule has 5 aromatic rings. The van der Waals surface area contributed by atoms with Crippen LogP contribution in [-0.4, -0.2) is 45.0 Å². The van der Waals surface area contributed by atoms with Crippen LogP contribution in [0.2, 0.25) is 5.02 Å². The van der Waals surface area contributed by atoms with Crippen LogP contribution >= 0.6 is 11.6 Å². The first-order valence-electron chi connectivity index (χ1n) is 12.1. The van der Waals surface area contributed by atoms with E-state index in [-0.39, 0.29) is 0 Å². The van der Waals surface area contributed by atoms with Gasteiger partial charge in [-0.15, -0.1) is 5.10 Å². The predicted molar refractivity (Wildman–Crippen MR) is 138 cm³/mol. The average molecular weight is 501 g/mol. The molecule has 6 rings (SSSR count). The number of fused-ring (bicyclic) bond motifs is 1. The van der Waals surface area contributed by atoms with Crippen molar-refractivity contribution < 1.29 is 9.05 Å². The lowest BCUT2D eigenvalue weighted by atomic mass is 9.96. The molecule has 1 saturated heterocycles. The zero-order chi connectivity index (χ0) is 24.3. The number of hydrogen-bond donors (Lipinski definition) is 1. The van der Waals surface area contributed by atoms with E-state index in [4.69, 9.17) is 20.6 Å². The number of anilines is 1. The molecule has 2 aromatic carbocycles. The van der Waals surface area contributed by atoms with E-state index in [2.05, 4.69) is 30.7 Å². The average Bonchev–Trinajstić information content (AvgIpc) is 3.57. The lowest BCUT2D eigenvalue weighted by Gasteiger charge is -2.31. The van der Waals surface area contributed by atoms with E-state index in [1.165, 1.54) is 0 Å². The quantitative estimate of drug-likeness (QED) is 0.294. The summed E-state index contributed by atoms with van der Waals surface area (Å²) >= 11 is 6.11. The molecule has 9 heteroatoms. The number of rotatable bonds is 7. The molecule has 0 radical (unpaired) electrons. The summed E-state index contributed by atoms with van der Waals surface area (Å²) in [6, 6.07) is 19.7. The number of hydrogen-bond acceptors (Lipinski definition) is 8. The van der Waals surface area contributed by atoms with Gasteiger partial charge >= 0.3 is 0 Å². The van der Waals surface area contributed by atoms with Gasteiger partial charge in [0.05, 0.1) is 18.1 Å². The molecule has 0 spiro atoms. The van der Waals surface area contributed by atoms with Crippen molar-refractivity contribution in [3.63, 3.8) is 0 Å². The Morgan fingerprint density at radius 3 is 2.61 bits per heavy atom. The summed E-state index contributed by atoms with van der Waals surface area (Å²) in [6.07, 6.45) is 3.78. The fraction of sp³-hybridized carbons (Fsp3) is 0.259. The van der Waals surface area contributed by atoms with Gasteiger partial charge in [-0.05, 0) is 44.0 Å². The van der Waals surface area contributed by atoms with Crippen LogP contribution in [0.4, 0.5) is 5.82 Å². The van der Waals surface area contributed by atoms with Crippen molar-refractivity contribution in [2.75, 3.05) is 25.0 Å². The Morgan fingerprint density at radius 2 is 1.78 bits per heavy atom. The molecule has 1 aliphatic rings. The molecule has 0 bridgehead atoms. The van der Waals surface area contributed by atoms with Crippen LogP contribution in [0.3, 0.4) is 0 Å². The Balaban J connectivity index is 1.06. The molecule has 0 saturated carbocycles. The van der Waals surface area contributed by atoms with Crippen molar-refractivity contribution in [2.45, 2.75) is 19.4 Å². The summed E-state index contributed by atoms with van der Waals surface area (Å²) in [5.41, 5.74) is 4.17. The fourth-order valence-corrected chi connectivity index (χ4v) is 4.90. The zero-order valence-corrected chi connectivity index (χ0v) is 20.4. The Kier molecular flexibility index (Phi) is 6.36. The van der Waals surface area contributed by atoms with Gasteiger partial charge in [0.15, 0.2) is 17.2 Å². The summed E-state index contributed by atoms with van der Waals surface area (Å²) in [5.74, 6) is 2.12. The van der Waals surface area contributed by atoms with Crippen LogP contribution in [0.25, 0.3) is 33.5 Å². The fourth-order valence-electron chi connectivity index (χ4n) is 4.71. The molecule has 0 atom stereocenters. The van der Waals surface area contributed by atoms with Crippen LogP contribution in [-0.2, 0) is 6.54 Å². The lowest BCUT2D eigenvalue weighted by molar-refractivity contribution is 0.166. The standard InChI is InChI=1S/C27H25ClN6O2/c28-21-8-4-7-20(13-21)23-14-22(35-32-23)17-34-11-9-18(10-12-34)15-29-27-25-24(16-30-31-27)36-33-26(25)19-5-2-1-3-6-19/h1-8,13-14,16,18H,9-12,15,17H2,(H,29,31). The molecule has 1 fully saturated rings. The normalized spacial score (nSPS) is 14.9. The minimum Gasteiger partial charge on any atom is -0.368 e. The van der Waals surface area contributed by atoms with E-state index in [0.29, 0.717) is 22.3 Å². The summed E-state index contributed by atoms with van der Waals surface area (Å²) in [4.78, 5) is 2.41. The van der Waals surface area contributed by atoms with Crippen molar-refractivity contribution in [3.05, 3.63) is 77.6 Å². The van der Waals surface area contributed by atoms with E-state index in [1.807, 2.05) is 60.7 Å². The molecule has 0 unspecified atom stereocenters. The van der Waals surface area contributed by atoms with Gasteiger partial charge in [0.2, 0.25) is 0 Å². The Labute approximate surface area is 213 Å². The number of nitrogens with zero attached hydrogens (tertiary/aromatic N) is 5. The van der Waals surface area contributed by atoms with Crippen LogP contribution in [0.15, 0.2) is 75.9 Å². The van der Waals surface area contributed by atoms with Gasteiger partial charge in [-0.25, -0.2) is 0 Å². The van der Waals surface area contributed by atoms with E-state index in [1.54, 1.807) is 6.20 Å². The molecule has 0 amide bonds. The third-order valence-electron chi connectivity index (χ3n) is 6.66. The minimum absolute atomic E-state index is 0.537. The van der Waals surface area contributed by atoms with E-state index in [9.17, 15) is 0 Å². The largest absolute Gasteiger partial charge is 0.368 e. The number of halogens is 1. The Hall–Kier alpha value is -3.75. The van der Waals surface area contributed by atoms with Crippen LogP contribution in [0, 0.1) is 5.92 Å². The topological polar surface area (TPSA) is 93.1 Å². The van der Waals surface area contributed by atoms with Crippen molar-refractivity contribution in [1.29, 1.82) is 0 Å². The van der Waals surface area contributed by atoms with Crippen molar-refractivity contribution in [3.8, 4) is 22.5 Å². The third kappa shape index (κ3) is 4.82. The molecule has 4 heterocycles. The van der Waals surface area contributed by atoms with Gasteiger partial charge in [0.25, 0.3) is 0 Å². The van der Waals surface area contributed by atoms with Gasteiger partial charge < -0.3 is 14.4 Å². The first-order chi connectivity index (χ1) is 17.7. The predicted octanol–water partition coefficient (Wildman–Crippen LogP) is 5.92. The molecule has 1 aliphatic heterocycles. The second-order valence-electron chi connectivity index (χ2n) is 9.12. The number of likely N-dealkylation sites (tertiary alicyclic amines) is 1. The van der Waals surface area contributed by atoms with Gasteiger partial charge in [-0.2, -0.15) is 5.10 Å². The monoisotopic (exact) mass is 500 g/mol. The lowest BCUT2D eigenvalue weighted by Crippen LogP contribution is -2.35. The first kappa shape index (κ1) is 22.7. The van der Waals surface area contributed by atoms with E-state index in [0.717, 1.165) is 72.7 Å². The molecule has 182 valence electrons. The number of nitrogens with one attached hydrogen (secondary N) is 1. The van der Waals surface area contributed by atoms with E-state index >= 15 is 0 Å². The molecule has 36 heavy (non-hydrogen) atoms. The summed E-state index contributed by atoms with van der Waals surface area (Å²) in [7, 11) is 0.